The highest BCUT2D eigenvalue weighted by molar-refractivity contribution is 5.86. The third kappa shape index (κ3) is 3.17. The Morgan fingerprint density at radius 3 is 2.71 bits per heavy atom. The number of amides is 1. The van der Waals surface area contributed by atoms with Crippen molar-refractivity contribution in [2.45, 2.75) is 45.2 Å². The summed E-state index contributed by atoms with van der Waals surface area (Å²) in [5, 5.41) is 15.4. The number of carboxylic acids is 1. The first-order chi connectivity index (χ1) is 9.91. The molecule has 1 atom stereocenters. The molecule has 1 aromatic rings. The molecule has 0 aliphatic carbocycles. The van der Waals surface area contributed by atoms with Crippen molar-refractivity contribution in [2.75, 3.05) is 6.54 Å². The predicted molar refractivity (Wildman–Crippen MR) is 67.0 cm³/mol. The summed E-state index contributed by atoms with van der Waals surface area (Å²) in [6.45, 7) is 2.05. The van der Waals surface area contributed by atoms with Gasteiger partial charge in [0.05, 0.1) is 0 Å². The molecule has 1 aliphatic rings. The molecule has 1 unspecified atom stereocenters. The van der Waals surface area contributed by atoms with E-state index in [4.69, 9.17) is 5.11 Å². The topological polar surface area (TPSA) is 88.3 Å². The summed E-state index contributed by atoms with van der Waals surface area (Å²) in [5.74, 6) is -1.94. The molecule has 9 heteroatoms. The summed E-state index contributed by atoms with van der Waals surface area (Å²) in [6, 6.07) is 0.0451. The van der Waals surface area contributed by atoms with Crippen LogP contribution < -0.4 is 0 Å². The monoisotopic (exact) mass is 302 g/mol. The number of nitrogens with zero attached hydrogens (tertiary/aromatic N) is 4. The molecule has 21 heavy (non-hydrogen) atoms. The van der Waals surface area contributed by atoms with Gasteiger partial charge in [0, 0.05) is 12.6 Å². The molecule has 0 saturated carbocycles. The molecule has 7 nitrogen and oxygen atoms in total. The van der Waals surface area contributed by atoms with E-state index in [2.05, 4.69) is 10.3 Å². The molecule has 2 rings (SSSR count). The van der Waals surface area contributed by atoms with Crippen LogP contribution in [0.4, 0.5) is 8.78 Å². The lowest BCUT2D eigenvalue weighted by Gasteiger charge is -2.33. The Morgan fingerprint density at radius 2 is 2.14 bits per heavy atom. The summed E-state index contributed by atoms with van der Waals surface area (Å²) < 4.78 is 26.6. The molecule has 1 N–H and O–H groups in total. The lowest BCUT2D eigenvalue weighted by atomic mass is 10.0. The van der Waals surface area contributed by atoms with E-state index < -0.39 is 30.3 Å². The fourth-order valence-corrected chi connectivity index (χ4v) is 2.49. The van der Waals surface area contributed by atoms with Crippen molar-refractivity contribution in [1.29, 1.82) is 0 Å². The van der Waals surface area contributed by atoms with E-state index in [0.29, 0.717) is 11.2 Å². The van der Waals surface area contributed by atoms with Crippen molar-refractivity contribution < 1.29 is 23.5 Å². The summed E-state index contributed by atoms with van der Waals surface area (Å²) >= 11 is 0. The minimum atomic E-state index is -3.06. The van der Waals surface area contributed by atoms with E-state index in [9.17, 15) is 18.4 Å². The van der Waals surface area contributed by atoms with Crippen LogP contribution in [-0.2, 0) is 11.3 Å². The molecular formula is C12H16F2N4O3. The molecule has 1 saturated heterocycles. The van der Waals surface area contributed by atoms with Crippen LogP contribution in [0.3, 0.4) is 0 Å². The second-order valence-electron chi connectivity index (χ2n) is 5.02. The quantitative estimate of drug-likeness (QED) is 0.906. The smallest absolute Gasteiger partial charge is 0.358 e. The van der Waals surface area contributed by atoms with Crippen molar-refractivity contribution in [3.05, 3.63) is 11.4 Å². The highest BCUT2D eigenvalue weighted by atomic mass is 19.3. The number of likely N-dealkylation sites (tertiary alicyclic amines) is 1. The van der Waals surface area contributed by atoms with Gasteiger partial charge in [-0.2, -0.15) is 0 Å². The number of halogens is 2. The zero-order valence-corrected chi connectivity index (χ0v) is 11.5. The minimum absolute atomic E-state index is 0.0451. The lowest BCUT2D eigenvalue weighted by molar-refractivity contribution is -0.135. The number of aromatic nitrogens is 3. The van der Waals surface area contributed by atoms with Crippen LogP contribution in [0.25, 0.3) is 0 Å². The van der Waals surface area contributed by atoms with Crippen LogP contribution >= 0.6 is 0 Å². The van der Waals surface area contributed by atoms with Gasteiger partial charge in [-0.25, -0.2) is 18.3 Å². The average Bonchev–Trinajstić information content (AvgIpc) is 2.83. The van der Waals surface area contributed by atoms with Crippen LogP contribution in [-0.4, -0.2) is 49.5 Å². The van der Waals surface area contributed by atoms with Gasteiger partial charge in [-0.15, -0.1) is 5.10 Å². The Labute approximate surface area is 119 Å². The molecule has 0 bridgehead atoms. The number of aromatic carboxylic acids is 1. The number of carbonyl (C=O) groups is 2. The fourth-order valence-electron chi connectivity index (χ4n) is 2.49. The zero-order valence-electron chi connectivity index (χ0n) is 11.5. The summed E-state index contributed by atoms with van der Waals surface area (Å²) in [6.07, 6.45) is -0.293. The Bertz CT molecular complexity index is 547. The Balaban J connectivity index is 2.19. The maximum Gasteiger partial charge on any atom is 0.358 e. The van der Waals surface area contributed by atoms with Crippen LogP contribution in [0.15, 0.2) is 0 Å². The van der Waals surface area contributed by atoms with Crippen LogP contribution in [0.5, 0.6) is 0 Å². The van der Waals surface area contributed by atoms with Gasteiger partial charge >= 0.3 is 5.97 Å². The SMILES string of the molecule is CC1CCCCN1C(=O)Cn1nnc(C(=O)O)c1C(F)F. The van der Waals surface area contributed by atoms with E-state index in [0.717, 1.165) is 19.3 Å². The first kappa shape index (κ1) is 15.3. The number of carboxylic acid groups (broad SMARTS) is 1. The van der Waals surface area contributed by atoms with Gasteiger partial charge < -0.3 is 10.0 Å². The Morgan fingerprint density at radius 1 is 1.43 bits per heavy atom. The highest BCUT2D eigenvalue weighted by Crippen LogP contribution is 2.22. The van der Waals surface area contributed by atoms with E-state index >= 15 is 0 Å². The highest BCUT2D eigenvalue weighted by Gasteiger charge is 2.29. The summed E-state index contributed by atoms with van der Waals surface area (Å²) in [7, 11) is 0. The standard InChI is InChI=1S/C12H16F2N4O3/c1-7-4-2-3-5-17(7)8(19)6-18-10(11(13)14)9(12(20)21)15-16-18/h7,11H,2-6H2,1H3,(H,20,21). The molecule has 0 aromatic carbocycles. The molecule has 0 radical (unpaired) electrons. The molecule has 1 fully saturated rings. The number of piperidine rings is 1. The third-order valence-electron chi connectivity index (χ3n) is 3.59. The Hall–Kier alpha value is -2.06. The van der Waals surface area contributed by atoms with Crippen molar-refractivity contribution >= 4 is 11.9 Å². The van der Waals surface area contributed by atoms with E-state index in [1.54, 1.807) is 4.90 Å². The van der Waals surface area contributed by atoms with Gasteiger partial charge in [-0.3, -0.25) is 4.79 Å². The second kappa shape index (κ2) is 6.15. The van der Waals surface area contributed by atoms with Gasteiger partial charge in [0.1, 0.15) is 12.2 Å². The summed E-state index contributed by atoms with van der Waals surface area (Å²) in [4.78, 5) is 24.6. The summed E-state index contributed by atoms with van der Waals surface area (Å²) in [5.41, 5.74) is -1.65. The van der Waals surface area contributed by atoms with Gasteiger partial charge in [0.15, 0.2) is 5.69 Å². The van der Waals surface area contributed by atoms with Crippen molar-refractivity contribution in [3.63, 3.8) is 0 Å². The number of hydrogen-bond donors (Lipinski definition) is 1. The number of rotatable bonds is 4. The molecule has 1 aromatic heterocycles. The van der Waals surface area contributed by atoms with E-state index in [-0.39, 0.29) is 11.9 Å². The normalized spacial score (nSPS) is 19.0. The number of hydrogen-bond acceptors (Lipinski definition) is 4. The largest absolute Gasteiger partial charge is 0.476 e. The average molecular weight is 302 g/mol. The number of alkyl halides is 2. The van der Waals surface area contributed by atoms with E-state index in [1.807, 2.05) is 6.92 Å². The minimum Gasteiger partial charge on any atom is -0.476 e. The predicted octanol–water partition coefficient (Wildman–Crippen LogP) is 1.31. The van der Waals surface area contributed by atoms with Crippen molar-refractivity contribution in [2.24, 2.45) is 0 Å². The second-order valence-corrected chi connectivity index (χ2v) is 5.02. The maximum absolute atomic E-state index is 13.0. The number of carbonyl (C=O) groups excluding carboxylic acids is 1. The van der Waals surface area contributed by atoms with Crippen molar-refractivity contribution in [1.82, 2.24) is 19.9 Å². The van der Waals surface area contributed by atoms with E-state index in [1.165, 1.54) is 0 Å². The lowest BCUT2D eigenvalue weighted by Crippen LogP contribution is -2.43. The first-order valence-electron chi connectivity index (χ1n) is 6.66. The molecule has 1 aliphatic heterocycles. The molecular weight excluding hydrogens is 286 g/mol. The zero-order chi connectivity index (χ0) is 15.6. The molecule has 2 heterocycles. The first-order valence-corrected chi connectivity index (χ1v) is 6.66. The van der Waals surface area contributed by atoms with Crippen LogP contribution in [0.1, 0.15) is 48.8 Å². The maximum atomic E-state index is 13.0. The van der Waals surface area contributed by atoms with Gasteiger partial charge in [-0.1, -0.05) is 5.21 Å². The van der Waals surface area contributed by atoms with Gasteiger partial charge in [0.2, 0.25) is 5.91 Å². The van der Waals surface area contributed by atoms with Crippen LogP contribution in [0, 0.1) is 0 Å². The van der Waals surface area contributed by atoms with Gasteiger partial charge in [-0.05, 0) is 26.2 Å². The Kier molecular flexibility index (Phi) is 4.49. The third-order valence-corrected chi connectivity index (χ3v) is 3.59. The fraction of sp³-hybridized carbons (Fsp3) is 0.667. The molecule has 1 amide bonds. The molecule has 116 valence electrons. The van der Waals surface area contributed by atoms with Crippen molar-refractivity contribution in [3.8, 4) is 0 Å². The molecule has 0 spiro atoms. The van der Waals surface area contributed by atoms with Gasteiger partial charge in [0.25, 0.3) is 6.43 Å². The van der Waals surface area contributed by atoms with Crippen LogP contribution in [0.2, 0.25) is 0 Å².